The van der Waals surface area contributed by atoms with Gasteiger partial charge in [-0.3, -0.25) is 9.88 Å². The van der Waals surface area contributed by atoms with Crippen LogP contribution in [0.15, 0.2) is 42.7 Å². The van der Waals surface area contributed by atoms with Gasteiger partial charge in [0.15, 0.2) is 0 Å². The van der Waals surface area contributed by atoms with Gasteiger partial charge in [0.2, 0.25) is 0 Å². The number of nitrogens with one attached hydrogen (secondary N) is 1. The number of hydrogen-bond donors (Lipinski definition) is 2. The Morgan fingerprint density at radius 1 is 1.24 bits per heavy atom. The van der Waals surface area contributed by atoms with Crippen molar-refractivity contribution in [1.82, 2.24) is 15.2 Å². The monoisotopic (exact) mass is 363 g/mol. The molecule has 1 aromatic heterocycles. The van der Waals surface area contributed by atoms with E-state index in [9.17, 15) is 9.50 Å². The second-order valence-electron chi connectivity index (χ2n) is 6.48. The summed E-state index contributed by atoms with van der Waals surface area (Å²) in [5, 5.41) is 13.2. The Hall–Kier alpha value is -1.53. The van der Waals surface area contributed by atoms with Crippen molar-refractivity contribution in [2.45, 2.75) is 31.5 Å². The fourth-order valence-corrected chi connectivity index (χ4v) is 3.39. The predicted molar refractivity (Wildman–Crippen MR) is 96.9 cm³/mol. The maximum absolute atomic E-state index is 13.7. The average Bonchev–Trinajstić information content (AvgIpc) is 2.64. The van der Waals surface area contributed by atoms with Gasteiger partial charge < -0.3 is 10.4 Å². The van der Waals surface area contributed by atoms with Gasteiger partial charge in [0, 0.05) is 25.0 Å². The minimum absolute atomic E-state index is 0.0711. The van der Waals surface area contributed by atoms with Crippen molar-refractivity contribution in [3.05, 3.63) is 64.7 Å². The van der Waals surface area contributed by atoms with Crippen LogP contribution >= 0.6 is 11.6 Å². The summed E-state index contributed by atoms with van der Waals surface area (Å²) in [6.45, 7) is 2.85. The van der Waals surface area contributed by atoms with E-state index >= 15 is 0 Å². The lowest BCUT2D eigenvalue weighted by atomic mass is 10.0. The molecule has 0 saturated carbocycles. The van der Waals surface area contributed by atoms with Gasteiger partial charge in [0.25, 0.3) is 0 Å². The third-order valence-corrected chi connectivity index (χ3v) is 5.02. The highest BCUT2D eigenvalue weighted by molar-refractivity contribution is 6.30. The number of nitrogens with zero attached hydrogens (tertiary/aromatic N) is 2. The number of halogens is 2. The third-order valence-electron chi connectivity index (χ3n) is 4.71. The number of hydrogen-bond acceptors (Lipinski definition) is 4. The molecule has 1 fully saturated rings. The van der Waals surface area contributed by atoms with Crippen molar-refractivity contribution < 1.29 is 9.50 Å². The topological polar surface area (TPSA) is 48.4 Å². The number of likely N-dealkylation sites (tertiary alicyclic amines) is 1. The van der Waals surface area contributed by atoms with E-state index in [4.69, 9.17) is 11.6 Å². The summed E-state index contributed by atoms with van der Waals surface area (Å²) in [4.78, 5) is 6.47. The summed E-state index contributed by atoms with van der Waals surface area (Å²) < 4.78 is 13.7. The zero-order valence-electron chi connectivity index (χ0n) is 14.0. The first-order valence-corrected chi connectivity index (χ1v) is 8.96. The highest BCUT2D eigenvalue weighted by Gasteiger charge is 2.22. The molecule has 134 valence electrons. The molecule has 25 heavy (non-hydrogen) atoms. The number of aliphatic hydroxyl groups is 1. The van der Waals surface area contributed by atoms with Crippen molar-refractivity contribution in [1.29, 1.82) is 0 Å². The van der Waals surface area contributed by atoms with Gasteiger partial charge in [-0.05, 0) is 61.3 Å². The van der Waals surface area contributed by atoms with Gasteiger partial charge in [0.05, 0.1) is 17.7 Å². The minimum atomic E-state index is -0.452. The first kappa shape index (κ1) is 18.3. The smallest absolute Gasteiger partial charge is 0.142 e. The number of aromatic nitrogens is 1. The van der Waals surface area contributed by atoms with Crippen molar-refractivity contribution in [3.8, 4) is 0 Å². The summed E-state index contributed by atoms with van der Waals surface area (Å²) in [6.07, 6.45) is 5.64. The Bertz CT molecular complexity index is 678. The fourth-order valence-electron chi connectivity index (χ4n) is 3.27. The predicted octanol–water partition coefficient (Wildman–Crippen LogP) is 3.16. The van der Waals surface area contributed by atoms with E-state index in [0.29, 0.717) is 6.04 Å². The van der Waals surface area contributed by atoms with Gasteiger partial charge in [-0.1, -0.05) is 17.7 Å². The Morgan fingerprint density at radius 2 is 1.96 bits per heavy atom. The van der Waals surface area contributed by atoms with E-state index in [1.807, 2.05) is 24.5 Å². The number of rotatable bonds is 6. The van der Waals surface area contributed by atoms with Crippen LogP contribution in [0.2, 0.25) is 5.02 Å². The summed E-state index contributed by atoms with van der Waals surface area (Å²) in [6, 6.07) is 8.82. The molecule has 0 unspecified atom stereocenters. The van der Waals surface area contributed by atoms with Crippen LogP contribution in [-0.2, 0) is 6.54 Å². The maximum atomic E-state index is 13.7. The van der Waals surface area contributed by atoms with Crippen LogP contribution in [0.1, 0.15) is 30.0 Å². The molecule has 2 heterocycles. The molecule has 0 amide bonds. The van der Waals surface area contributed by atoms with Crippen LogP contribution in [-0.4, -0.2) is 40.7 Å². The van der Waals surface area contributed by atoms with E-state index in [0.717, 1.165) is 38.0 Å². The quantitative estimate of drug-likeness (QED) is 0.827. The first-order valence-electron chi connectivity index (χ1n) is 8.59. The molecular weight excluding hydrogens is 341 g/mol. The van der Waals surface area contributed by atoms with Crippen LogP contribution in [0.3, 0.4) is 0 Å². The Morgan fingerprint density at radius 3 is 2.60 bits per heavy atom. The molecule has 1 aliphatic heterocycles. The van der Waals surface area contributed by atoms with Crippen LogP contribution in [0, 0.1) is 5.82 Å². The summed E-state index contributed by atoms with van der Waals surface area (Å²) in [5.41, 5.74) is 2.00. The minimum Gasteiger partial charge on any atom is -0.394 e. The van der Waals surface area contributed by atoms with Gasteiger partial charge >= 0.3 is 0 Å². The SMILES string of the molecule is OC[C@H](NC1CCN(Cc2ccncc2)CC1)c1ccc(Cl)c(F)c1. The van der Waals surface area contributed by atoms with Gasteiger partial charge in [-0.25, -0.2) is 4.39 Å². The number of benzene rings is 1. The van der Waals surface area contributed by atoms with Gasteiger partial charge in [-0.15, -0.1) is 0 Å². The molecule has 0 aliphatic carbocycles. The normalized spacial score (nSPS) is 17.6. The van der Waals surface area contributed by atoms with E-state index in [2.05, 4.69) is 15.2 Å². The van der Waals surface area contributed by atoms with Crippen LogP contribution in [0.25, 0.3) is 0 Å². The largest absolute Gasteiger partial charge is 0.394 e. The zero-order valence-corrected chi connectivity index (χ0v) is 14.8. The molecular formula is C19H23ClFN3O. The van der Waals surface area contributed by atoms with Gasteiger partial charge in [0.1, 0.15) is 5.82 Å². The van der Waals surface area contributed by atoms with E-state index < -0.39 is 5.82 Å². The molecule has 1 saturated heterocycles. The first-order chi connectivity index (χ1) is 12.2. The van der Waals surface area contributed by atoms with Crippen LogP contribution < -0.4 is 5.32 Å². The Balaban J connectivity index is 1.52. The third kappa shape index (κ3) is 4.98. The second-order valence-corrected chi connectivity index (χ2v) is 6.89. The second kappa shape index (κ2) is 8.72. The molecule has 4 nitrogen and oxygen atoms in total. The highest BCUT2D eigenvalue weighted by Crippen LogP contribution is 2.22. The zero-order chi connectivity index (χ0) is 17.6. The summed E-state index contributed by atoms with van der Waals surface area (Å²) in [7, 11) is 0. The molecule has 0 bridgehead atoms. The number of pyridine rings is 1. The molecule has 0 spiro atoms. The molecule has 2 aromatic rings. The standard InChI is InChI=1S/C19H23ClFN3O/c20-17-2-1-15(11-18(17)21)19(13-25)23-16-5-9-24(10-6-16)12-14-3-7-22-8-4-14/h1-4,7-8,11,16,19,23,25H,5-6,9-10,12-13H2/t19-/m0/s1. The van der Waals surface area contributed by atoms with Crippen molar-refractivity contribution in [2.75, 3.05) is 19.7 Å². The molecule has 3 rings (SSSR count). The lowest BCUT2D eigenvalue weighted by molar-refractivity contribution is 0.167. The Kier molecular flexibility index (Phi) is 6.37. The van der Waals surface area contributed by atoms with Crippen molar-refractivity contribution in [3.63, 3.8) is 0 Å². The Labute approximate surface area is 152 Å². The van der Waals surface area contributed by atoms with E-state index in [-0.39, 0.29) is 17.7 Å². The number of aliphatic hydroxyl groups excluding tert-OH is 1. The lowest BCUT2D eigenvalue weighted by Crippen LogP contribution is -2.44. The lowest BCUT2D eigenvalue weighted by Gasteiger charge is -2.34. The average molecular weight is 364 g/mol. The van der Waals surface area contributed by atoms with Gasteiger partial charge in [-0.2, -0.15) is 0 Å². The molecule has 1 aliphatic rings. The summed E-state index contributed by atoms with van der Waals surface area (Å²) in [5.74, 6) is -0.452. The summed E-state index contributed by atoms with van der Waals surface area (Å²) >= 11 is 5.74. The van der Waals surface area contributed by atoms with E-state index in [1.165, 1.54) is 17.7 Å². The van der Waals surface area contributed by atoms with Crippen molar-refractivity contribution >= 4 is 11.6 Å². The molecule has 1 atom stereocenters. The fraction of sp³-hybridized carbons (Fsp3) is 0.421. The number of piperidine rings is 1. The molecule has 0 radical (unpaired) electrons. The maximum Gasteiger partial charge on any atom is 0.142 e. The van der Waals surface area contributed by atoms with Crippen molar-refractivity contribution in [2.24, 2.45) is 0 Å². The van der Waals surface area contributed by atoms with E-state index in [1.54, 1.807) is 6.07 Å². The van der Waals surface area contributed by atoms with Crippen LogP contribution in [0.4, 0.5) is 4.39 Å². The molecule has 2 N–H and O–H groups in total. The molecule has 6 heteroatoms. The van der Waals surface area contributed by atoms with Crippen LogP contribution in [0.5, 0.6) is 0 Å². The highest BCUT2D eigenvalue weighted by atomic mass is 35.5. The molecule has 1 aromatic carbocycles.